The summed E-state index contributed by atoms with van der Waals surface area (Å²) in [6.45, 7) is 2.09. The molecule has 0 saturated carbocycles. The SMILES string of the molecule is CC(=O)NC(CC(=O)Nc1cnn(Cc2ccccc2)c1)c1cccs1. The zero-order valence-electron chi connectivity index (χ0n) is 14.4. The van der Waals surface area contributed by atoms with Gasteiger partial charge < -0.3 is 10.6 Å². The number of nitrogens with zero attached hydrogens (tertiary/aromatic N) is 2. The van der Waals surface area contributed by atoms with E-state index in [4.69, 9.17) is 0 Å². The van der Waals surface area contributed by atoms with E-state index in [1.165, 1.54) is 18.3 Å². The molecular formula is C19H20N4O2S. The average Bonchev–Trinajstić information content (AvgIpc) is 3.27. The molecular weight excluding hydrogens is 348 g/mol. The minimum Gasteiger partial charge on any atom is -0.348 e. The molecule has 2 heterocycles. The topological polar surface area (TPSA) is 76.0 Å². The second-order valence-corrected chi connectivity index (χ2v) is 6.91. The first kappa shape index (κ1) is 17.9. The van der Waals surface area contributed by atoms with Crippen LogP contribution in [0.2, 0.25) is 0 Å². The molecule has 3 aromatic rings. The van der Waals surface area contributed by atoms with Gasteiger partial charge in [-0.3, -0.25) is 14.3 Å². The first-order chi connectivity index (χ1) is 12.6. The van der Waals surface area contributed by atoms with E-state index in [1.807, 2.05) is 47.8 Å². The highest BCUT2D eigenvalue weighted by atomic mass is 32.1. The van der Waals surface area contributed by atoms with Crippen LogP contribution in [0.5, 0.6) is 0 Å². The van der Waals surface area contributed by atoms with Crippen LogP contribution in [-0.4, -0.2) is 21.6 Å². The van der Waals surface area contributed by atoms with Gasteiger partial charge in [-0.15, -0.1) is 11.3 Å². The number of aromatic nitrogens is 2. The molecule has 0 radical (unpaired) electrons. The lowest BCUT2D eigenvalue weighted by atomic mass is 10.1. The molecule has 26 heavy (non-hydrogen) atoms. The second kappa shape index (κ2) is 8.44. The van der Waals surface area contributed by atoms with Crippen molar-refractivity contribution < 1.29 is 9.59 Å². The summed E-state index contributed by atoms with van der Waals surface area (Å²) in [7, 11) is 0. The minimum atomic E-state index is -0.327. The monoisotopic (exact) mass is 368 g/mol. The van der Waals surface area contributed by atoms with Gasteiger partial charge in [0.15, 0.2) is 0 Å². The van der Waals surface area contributed by atoms with Gasteiger partial charge in [-0.05, 0) is 17.0 Å². The fourth-order valence-electron chi connectivity index (χ4n) is 2.64. The fraction of sp³-hybridized carbons (Fsp3) is 0.211. The smallest absolute Gasteiger partial charge is 0.226 e. The van der Waals surface area contributed by atoms with E-state index in [2.05, 4.69) is 15.7 Å². The highest BCUT2D eigenvalue weighted by Gasteiger charge is 2.18. The first-order valence-electron chi connectivity index (χ1n) is 8.27. The van der Waals surface area contributed by atoms with Crippen molar-refractivity contribution >= 4 is 28.8 Å². The number of benzene rings is 1. The number of carbonyl (C=O) groups excluding carboxylic acids is 2. The van der Waals surface area contributed by atoms with Crippen LogP contribution in [0.4, 0.5) is 5.69 Å². The molecule has 0 aliphatic heterocycles. The molecule has 0 saturated heterocycles. The molecule has 0 fully saturated rings. The van der Waals surface area contributed by atoms with Crippen LogP contribution in [0.15, 0.2) is 60.2 Å². The maximum absolute atomic E-state index is 12.4. The van der Waals surface area contributed by atoms with Crippen LogP contribution in [0.1, 0.15) is 29.8 Å². The highest BCUT2D eigenvalue weighted by molar-refractivity contribution is 7.10. The Balaban J connectivity index is 1.59. The number of amides is 2. The van der Waals surface area contributed by atoms with Gasteiger partial charge in [0, 0.05) is 18.0 Å². The van der Waals surface area contributed by atoms with Gasteiger partial charge in [0.25, 0.3) is 0 Å². The number of nitrogens with one attached hydrogen (secondary N) is 2. The molecule has 2 aromatic heterocycles. The number of rotatable bonds is 7. The number of anilines is 1. The number of hydrogen-bond acceptors (Lipinski definition) is 4. The Morgan fingerprint density at radius 2 is 2.00 bits per heavy atom. The Morgan fingerprint density at radius 3 is 2.69 bits per heavy atom. The van der Waals surface area contributed by atoms with Gasteiger partial charge in [-0.2, -0.15) is 5.10 Å². The molecule has 2 N–H and O–H groups in total. The second-order valence-electron chi connectivity index (χ2n) is 5.93. The predicted molar refractivity (Wildman–Crippen MR) is 102 cm³/mol. The minimum absolute atomic E-state index is 0.160. The quantitative estimate of drug-likeness (QED) is 0.672. The van der Waals surface area contributed by atoms with Crippen molar-refractivity contribution in [2.75, 3.05) is 5.32 Å². The summed E-state index contributed by atoms with van der Waals surface area (Å²) in [5.74, 6) is -0.330. The van der Waals surface area contributed by atoms with Crippen molar-refractivity contribution in [3.63, 3.8) is 0 Å². The molecule has 1 atom stereocenters. The standard InChI is InChI=1S/C19H20N4O2S/c1-14(24)21-17(18-8-5-9-26-18)10-19(25)22-16-11-20-23(13-16)12-15-6-3-2-4-7-15/h2-9,11,13,17H,10,12H2,1H3,(H,21,24)(H,22,25). The Morgan fingerprint density at radius 1 is 1.19 bits per heavy atom. The largest absolute Gasteiger partial charge is 0.348 e. The third-order valence-corrected chi connectivity index (χ3v) is 4.74. The average molecular weight is 368 g/mol. The van der Waals surface area contributed by atoms with Gasteiger partial charge in [0.2, 0.25) is 11.8 Å². The molecule has 0 spiro atoms. The van der Waals surface area contributed by atoms with E-state index < -0.39 is 0 Å². The van der Waals surface area contributed by atoms with Crippen LogP contribution in [-0.2, 0) is 16.1 Å². The van der Waals surface area contributed by atoms with E-state index >= 15 is 0 Å². The van der Waals surface area contributed by atoms with Gasteiger partial charge >= 0.3 is 0 Å². The maximum atomic E-state index is 12.4. The van der Waals surface area contributed by atoms with E-state index in [1.54, 1.807) is 17.1 Å². The third-order valence-electron chi connectivity index (χ3n) is 3.76. The first-order valence-corrected chi connectivity index (χ1v) is 9.15. The van der Waals surface area contributed by atoms with E-state index in [-0.39, 0.29) is 24.3 Å². The van der Waals surface area contributed by atoms with Crippen LogP contribution in [0.3, 0.4) is 0 Å². The summed E-state index contributed by atoms with van der Waals surface area (Å²) in [5.41, 5.74) is 1.77. The summed E-state index contributed by atoms with van der Waals surface area (Å²) in [6, 6.07) is 13.5. The zero-order valence-corrected chi connectivity index (χ0v) is 15.2. The zero-order chi connectivity index (χ0) is 18.4. The van der Waals surface area contributed by atoms with E-state index in [0.717, 1.165) is 10.4 Å². The summed E-state index contributed by atoms with van der Waals surface area (Å²) in [5, 5.41) is 11.9. The van der Waals surface area contributed by atoms with Crippen LogP contribution in [0, 0.1) is 0 Å². The summed E-state index contributed by atoms with van der Waals surface area (Å²) < 4.78 is 1.77. The molecule has 2 amide bonds. The normalized spacial score (nSPS) is 11.7. The summed E-state index contributed by atoms with van der Waals surface area (Å²) >= 11 is 1.52. The molecule has 1 unspecified atom stereocenters. The lowest BCUT2D eigenvalue weighted by molar-refractivity contribution is -0.120. The Kier molecular flexibility index (Phi) is 5.80. The van der Waals surface area contributed by atoms with Gasteiger partial charge in [0.1, 0.15) is 0 Å². The summed E-state index contributed by atoms with van der Waals surface area (Å²) in [6.07, 6.45) is 3.59. The third kappa shape index (κ3) is 5.03. The van der Waals surface area contributed by atoms with Gasteiger partial charge in [0.05, 0.1) is 30.9 Å². The van der Waals surface area contributed by atoms with Crippen molar-refractivity contribution in [1.82, 2.24) is 15.1 Å². The van der Waals surface area contributed by atoms with Crippen LogP contribution >= 0.6 is 11.3 Å². The molecule has 3 rings (SSSR count). The molecule has 7 heteroatoms. The fourth-order valence-corrected chi connectivity index (χ4v) is 3.42. The lowest BCUT2D eigenvalue weighted by Gasteiger charge is -2.15. The van der Waals surface area contributed by atoms with Gasteiger partial charge in [-0.1, -0.05) is 36.4 Å². The summed E-state index contributed by atoms with van der Waals surface area (Å²) in [4.78, 5) is 24.7. The Labute approximate surface area is 155 Å². The lowest BCUT2D eigenvalue weighted by Crippen LogP contribution is -2.29. The Bertz CT molecular complexity index is 859. The molecule has 0 bridgehead atoms. The Hall–Kier alpha value is -2.93. The van der Waals surface area contributed by atoms with Crippen molar-refractivity contribution in [3.8, 4) is 0 Å². The molecule has 0 aliphatic carbocycles. The number of thiophene rings is 1. The number of carbonyl (C=O) groups is 2. The van der Waals surface area contributed by atoms with Crippen molar-refractivity contribution in [3.05, 3.63) is 70.7 Å². The molecule has 134 valence electrons. The van der Waals surface area contributed by atoms with Gasteiger partial charge in [-0.25, -0.2) is 0 Å². The van der Waals surface area contributed by atoms with Crippen molar-refractivity contribution in [1.29, 1.82) is 0 Å². The van der Waals surface area contributed by atoms with Crippen molar-refractivity contribution in [2.45, 2.75) is 25.9 Å². The van der Waals surface area contributed by atoms with E-state index in [0.29, 0.717) is 12.2 Å². The predicted octanol–water partition coefficient (Wildman–Crippen LogP) is 3.20. The van der Waals surface area contributed by atoms with Crippen LogP contribution in [0.25, 0.3) is 0 Å². The number of hydrogen-bond donors (Lipinski definition) is 2. The molecule has 1 aromatic carbocycles. The van der Waals surface area contributed by atoms with E-state index in [9.17, 15) is 9.59 Å². The maximum Gasteiger partial charge on any atom is 0.226 e. The van der Waals surface area contributed by atoms with Crippen LogP contribution < -0.4 is 10.6 Å². The molecule has 0 aliphatic rings. The molecule has 6 nitrogen and oxygen atoms in total. The van der Waals surface area contributed by atoms with Crippen molar-refractivity contribution in [2.24, 2.45) is 0 Å². The highest BCUT2D eigenvalue weighted by Crippen LogP contribution is 2.22.